The van der Waals surface area contributed by atoms with Crippen molar-refractivity contribution < 1.29 is 4.92 Å². The Morgan fingerprint density at radius 1 is 1.39 bits per heavy atom. The number of hydrogen-bond donors (Lipinski definition) is 0. The number of aromatic nitrogens is 4. The van der Waals surface area contributed by atoms with E-state index in [-0.39, 0.29) is 4.92 Å². The number of pyridine rings is 1. The quantitative estimate of drug-likeness (QED) is 0.590. The molecular formula is C11H11N5O2. The van der Waals surface area contributed by atoms with E-state index < -0.39 is 6.04 Å². The van der Waals surface area contributed by atoms with Gasteiger partial charge in [-0.1, -0.05) is 0 Å². The van der Waals surface area contributed by atoms with Gasteiger partial charge in [-0.05, 0) is 18.6 Å². The molecular weight excluding hydrogens is 234 g/mol. The molecule has 0 spiro atoms. The van der Waals surface area contributed by atoms with Gasteiger partial charge in [0.05, 0.1) is 0 Å². The molecule has 1 aliphatic rings. The molecule has 0 saturated carbocycles. The van der Waals surface area contributed by atoms with E-state index in [1.54, 1.807) is 29.2 Å². The Balaban J connectivity index is 2.04. The van der Waals surface area contributed by atoms with Crippen molar-refractivity contribution >= 4 is 0 Å². The Labute approximate surface area is 103 Å². The summed E-state index contributed by atoms with van der Waals surface area (Å²) in [5.41, 5.74) is 0.828. The summed E-state index contributed by atoms with van der Waals surface area (Å²) in [6.45, 7) is 0.692. The van der Waals surface area contributed by atoms with E-state index in [0.29, 0.717) is 24.6 Å². The van der Waals surface area contributed by atoms with E-state index in [1.807, 2.05) is 0 Å². The van der Waals surface area contributed by atoms with Crippen LogP contribution in [0.4, 0.5) is 0 Å². The van der Waals surface area contributed by atoms with Gasteiger partial charge in [-0.15, -0.1) is 0 Å². The summed E-state index contributed by atoms with van der Waals surface area (Å²) in [5, 5.41) is 15.3. The fourth-order valence-corrected chi connectivity index (χ4v) is 2.15. The van der Waals surface area contributed by atoms with E-state index in [9.17, 15) is 10.1 Å². The SMILES string of the molecule is O=[N+]([O-])C1CCCn2nc(-c3ccncc3)nc21. The maximum absolute atomic E-state index is 11.0. The Morgan fingerprint density at radius 2 is 2.17 bits per heavy atom. The zero-order valence-electron chi connectivity index (χ0n) is 9.56. The van der Waals surface area contributed by atoms with Crippen LogP contribution in [0.25, 0.3) is 11.4 Å². The number of fused-ring (bicyclic) bond motifs is 1. The van der Waals surface area contributed by atoms with Crippen LogP contribution in [0.2, 0.25) is 0 Å². The van der Waals surface area contributed by atoms with Crippen molar-refractivity contribution in [1.82, 2.24) is 19.7 Å². The molecule has 0 bridgehead atoms. The van der Waals surface area contributed by atoms with Gasteiger partial charge < -0.3 is 0 Å². The van der Waals surface area contributed by atoms with E-state index in [0.717, 1.165) is 12.0 Å². The maximum Gasteiger partial charge on any atom is 0.271 e. The molecule has 3 rings (SSSR count). The summed E-state index contributed by atoms with van der Waals surface area (Å²) in [6, 6.07) is 2.85. The molecule has 2 aromatic heterocycles. The zero-order chi connectivity index (χ0) is 12.5. The molecule has 1 aliphatic heterocycles. The first kappa shape index (κ1) is 10.8. The number of nitrogens with zero attached hydrogens (tertiary/aromatic N) is 5. The molecule has 1 atom stereocenters. The lowest BCUT2D eigenvalue weighted by molar-refractivity contribution is -0.533. The number of aryl methyl sites for hydroxylation is 1. The lowest BCUT2D eigenvalue weighted by Crippen LogP contribution is -2.22. The monoisotopic (exact) mass is 245 g/mol. The van der Waals surface area contributed by atoms with Crippen LogP contribution in [-0.4, -0.2) is 24.7 Å². The van der Waals surface area contributed by atoms with Gasteiger partial charge in [-0.25, -0.2) is 9.67 Å². The minimum atomic E-state index is -0.734. The lowest BCUT2D eigenvalue weighted by atomic mass is 10.1. The fraction of sp³-hybridized carbons (Fsp3) is 0.364. The molecule has 92 valence electrons. The molecule has 7 nitrogen and oxygen atoms in total. The highest BCUT2D eigenvalue weighted by molar-refractivity contribution is 5.53. The van der Waals surface area contributed by atoms with E-state index in [2.05, 4.69) is 15.1 Å². The summed E-state index contributed by atoms with van der Waals surface area (Å²) in [5.74, 6) is 0.985. The van der Waals surface area contributed by atoms with Crippen molar-refractivity contribution in [3.8, 4) is 11.4 Å². The molecule has 0 aromatic carbocycles. The van der Waals surface area contributed by atoms with Gasteiger partial charge in [0.1, 0.15) is 0 Å². The van der Waals surface area contributed by atoms with Crippen molar-refractivity contribution in [3.63, 3.8) is 0 Å². The topological polar surface area (TPSA) is 86.7 Å². The average molecular weight is 245 g/mol. The molecule has 0 radical (unpaired) electrons. The molecule has 7 heteroatoms. The van der Waals surface area contributed by atoms with Gasteiger partial charge in [0.15, 0.2) is 5.82 Å². The van der Waals surface area contributed by atoms with Crippen LogP contribution in [0, 0.1) is 10.1 Å². The summed E-state index contributed by atoms with van der Waals surface area (Å²) in [4.78, 5) is 18.9. The standard InChI is InChI=1S/C11H11N5O2/c17-16(18)9-2-1-7-15-11(9)13-10(14-15)8-3-5-12-6-4-8/h3-6,9H,1-2,7H2. The second-order valence-electron chi connectivity index (χ2n) is 4.20. The largest absolute Gasteiger partial charge is 0.271 e. The van der Waals surface area contributed by atoms with Crippen molar-refractivity contribution in [2.45, 2.75) is 25.4 Å². The van der Waals surface area contributed by atoms with Crippen molar-refractivity contribution in [3.05, 3.63) is 40.5 Å². The number of rotatable bonds is 2. The fourth-order valence-electron chi connectivity index (χ4n) is 2.15. The molecule has 2 aromatic rings. The van der Waals surface area contributed by atoms with Gasteiger partial charge in [0.2, 0.25) is 5.82 Å². The van der Waals surface area contributed by atoms with Crippen LogP contribution in [-0.2, 0) is 6.54 Å². The van der Waals surface area contributed by atoms with E-state index in [4.69, 9.17) is 0 Å². The van der Waals surface area contributed by atoms with Gasteiger partial charge in [-0.2, -0.15) is 5.10 Å². The molecule has 0 N–H and O–H groups in total. The van der Waals surface area contributed by atoms with Crippen LogP contribution in [0.5, 0.6) is 0 Å². The summed E-state index contributed by atoms with van der Waals surface area (Å²) in [6.07, 6.45) is 4.60. The first-order chi connectivity index (χ1) is 8.75. The van der Waals surface area contributed by atoms with Crippen molar-refractivity contribution in [2.75, 3.05) is 0 Å². The van der Waals surface area contributed by atoms with Gasteiger partial charge >= 0.3 is 0 Å². The van der Waals surface area contributed by atoms with Crippen LogP contribution in [0.15, 0.2) is 24.5 Å². The van der Waals surface area contributed by atoms with Crippen LogP contribution >= 0.6 is 0 Å². The van der Waals surface area contributed by atoms with Crippen LogP contribution in [0.3, 0.4) is 0 Å². The summed E-state index contributed by atoms with van der Waals surface area (Å²) < 4.78 is 1.65. The summed E-state index contributed by atoms with van der Waals surface area (Å²) >= 11 is 0. The first-order valence-electron chi connectivity index (χ1n) is 5.74. The first-order valence-corrected chi connectivity index (χ1v) is 5.74. The van der Waals surface area contributed by atoms with Crippen molar-refractivity contribution in [2.24, 2.45) is 0 Å². The maximum atomic E-state index is 11.0. The molecule has 1 unspecified atom stereocenters. The Kier molecular flexibility index (Phi) is 2.51. The summed E-state index contributed by atoms with van der Waals surface area (Å²) in [7, 11) is 0. The zero-order valence-corrected chi connectivity index (χ0v) is 9.56. The van der Waals surface area contributed by atoms with E-state index in [1.165, 1.54) is 0 Å². The van der Waals surface area contributed by atoms with Crippen LogP contribution < -0.4 is 0 Å². The highest BCUT2D eigenvalue weighted by Gasteiger charge is 2.33. The second-order valence-corrected chi connectivity index (χ2v) is 4.20. The van der Waals surface area contributed by atoms with Gasteiger partial charge in [0.25, 0.3) is 6.04 Å². The van der Waals surface area contributed by atoms with Gasteiger partial charge in [0, 0.05) is 35.8 Å². The Morgan fingerprint density at radius 3 is 2.89 bits per heavy atom. The smallest absolute Gasteiger partial charge is 0.265 e. The minimum absolute atomic E-state index is 0.282. The van der Waals surface area contributed by atoms with Crippen LogP contribution in [0.1, 0.15) is 24.7 Å². The second kappa shape index (κ2) is 4.17. The number of nitro groups is 1. The molecule has 0 aliphatic carbocycles. The Hall–Kier alpha value is -2.31. The molecule has 3 heterocycles. The Bertz CT molecular complexity index is 580. The highest BCUT2D eigenvalue weighted by atomic mass is 16.6. The predicted molar refractivity (Wildman–Crippen MR) is 62.2 cm³/mol. The number of hydrogen-bond acceptors (Lipinski definition) is 5. The molecule has 0 amide bonds. The third kappa shape index (κ3) is 1.73. The van der Waals surface area contributed by atoms with E-state index >= 15 is 0 Å². The van der Waals surface area contributed by atoms with Gasteiger partial charge in [-0.3, -0.25) is 15.1 Å². The molecule has 0 saturated heterocycles. The third-order valence-corrected chi connectivity index (χ3v) is 3.04. The predicted octanol–water partition coefficient (Wildman–Crippen LogP) is 1.45. The lowest BCUT2D eigenvalue weighted by Gasteiger charge is -2.15. The normalized spacial score (nSPS) is 18.3. The molecule has 18 heavy (non-hydrogen) atoms. The minimum Gasteiger partial charge on any atom is -0.265 e. The highest BCUT2D eigenvalue weighted by Crippen LogP contribution is 2.27. The third-order valence-electron chi connectivity index (χ3n) is 3.04. The van der Waals surface area contributed by atoms with Crippen molar-refractivity contribution in [1.29, 1.82) is 0 Å². The average Bonchev–Trinajstić information content (AvgIpc) is 2.83. The molecule has 0 fully saturated rings.